The average Bonchev–Trinajstić information content (AvgIpc) is 3.51. The fourth-order valence-electron chi connectivity index (χ4n) is 4.36. The minimum Gasteiger partial charge on any atom is -0.353 e. The lowest BCUT2D eigenvalue weighted by Crippen LogP contribution is -2.06. The van der Waals surface area contributed by atoms with Gasteiger partial charge in [-0.15, -0.1) is 0 Å². The van der Waals surface area contributed by atoms with Crippen molar-refractivity contribution in [3.05, 3.63) is 78.9 Å². The van der Waals surface area contributed by atoms with Crippen molar-refractivity contribution in [1.82, 2.24) is 35.1 Å². The van der Waals surface area contributed by atoms with Crippen LogP contribution in [-0.4, -0.2) is 55.5 Å². The molecule has 9 nitrogen and oxygen atoms in total. The van der Waals surface area contributed by atoms with Gasteiger partial charge in [0.05, 0.1) is 22.8 Å². The second-order valence-corrected chi connectivity index (χ2v) is 11.1. The van der Waals surface area contributed by atoms with Gasteiger partial charge in [0.15, 0.2) is 5.65 Å². The number of pyridine rings is 2. The van der Waals surface area contributed by atoms with Crippen LogP contribution in [0.15, 0.2) is 67.5 Å². The highest BCUT2D eigenvalue weighted by molar-refractivity contribution is 7.90. The highest BCUT2D eigenvalue weighted by atomic mass is 32.2. The molecule has 5 aromatic heterocycles. The number of hydrogen-bond donors (Lipinski definition) is 2. The lowest BCUT2D eigenvalue weighted by atomic mass is 10.0. The van der Waals surface area contributed by atoms with E-state index in [1.165, 1.54) is 24.7 Å². The predicted molar refractivity (Wildman–Crippen MR) is 139 cm³/mol. The summed E-state index contributed by atoms with van der Waals surface area (Å²) in [6.07, 6.45) is 9.69. The second kappa shape index (κ2) is 8.86. The van der Waals surface area contributed by atoms with Crippen molar-refractivity contribution in [3.8, 4) is 33.8 Å². The molecule has 6 rings (SSSR count). The molecule has 0 unspecified atom stereocenters. The van der Waals surface area contributed by atoms with Gasteiger partial charge in [-0.05, 0) is 48.4 Å². The van der Waals surface area contributed by atoms with Crippen molar-refractivity contribution >= 4 is 31.8 Å². The number of aromatic nitrogens is 7. The lowest BCUT2D eigenvalue weighted by molar-refractivity contribution is 0.600. The molecule has 0 saturated carbocycles. The Labute approximate surface area is 210 Å². The van der Waals surface area contributed by atoms with Crippen molar-refractivity contribution in [2.45, 2.75) is 6.42 Å². The van der Waals surface area contributed by atoms with E-state index in [9.17, 15) is 12.8 Å². The third-order valence-electron chi connectivity index (χ3n) is 6.11. The van der Waals surface area contributed by atoms with Crippen LogP contribution in [0.5, 0.6) is 0 Å². The third kappa shape index (κ3) is 4.56. The van der Waals surface area contributed by atoms with Crippen LogP contribution in [0.4, 0.5) is 4.39 Å². The Hall–Kier alpha value is -4.51. The minimum atomic E-state index is -3.17. The molecule has 0 fully saturated rings. The van der Waals surface area contributed by atoms with Crippen LogP contribution >= 0.6 is 0 Å². The summed E-state index contributed by atoms with van der Waals surface area (Å²) in [6.45, 7) is 0. The molecule has 0 saturated heterocycles. The lowest BCUT2D eigenvalue weighted by Gasteiger charge is -2.07. The van der Waals surface area contributed by atoms with Gasteiger partial charge in [0.2, 0.25) is 0 Å². The maximum absolute atomic E-state index is 14.5. The van der Waals surface area contributed by atoms with Crippen LogP contribution in [0.1, 0.15) is 5.56 Å². The van der Waals surface area contributed by atoms with Gasteiger partial charge in [0, 0.05) is 64.0 Å². The molecule has 1 aromatic carbocycles. The van der Waals surface area contributed by atoms with E-state index >= 15 is 0 Å². The summed E-state index contributed by atoms with van der Waals surface area (Å²) in [5, 5.41) is 9.02. The van der Waals surface area contributed by atoms with E-state index in [4.69, 9.17) is 0 Å². The summed E-state index contributed by atoms with van der Waals surface area (Å²) in [7, 11) is -3.17. The van der Waals surface area contributed by atoms with Crippen LogP contribution in [0.25, 0.3) is 55.7 Å². The number of H-pyrrole nitrogens is 2. The van der Waals surface area contributed by atoms with E-state index in [0.29, 0.717) is 22.5 Å². The molecule has 0 aliphatic carbocycles. The molecule has 0 amide bonds. The maximum Gasteiger partial charge on any atom is 0.181 e. The number of hydrogen-bond acceptors (Lipinski definition) is 7. The zero-order valence-electron chi connectivity index (χ0n) is 19.6. The van der Waals surface area contributed by atoms with Gasteiger partial charge in [-0.3, -0.25) is 10.1 Å². The normalized spacial score (nSPS) is 11.9. The number of halogens is 1. The summed E-state index contributed by atoms with van der Waals surface area (Å²) in [4.78, 5) is 20.5. The molecule has 184 valence electrons. The molecule has 6 aromatic rings. The molecule has 5 heterocycles. The van der Waals surface area contributed by atoms with E-state index in [2.05, 4.69) is 35.1 Å². The Bertz CT molecular complexity index is 1880. The SMILES string of the molecule is CS(=O)(=O)CCc1cc(F)cc(-c2nccc3[nH]c(-c4[nH]nc5ncc(-c6cncnc6)cc45)cc23)c1. The first-order chi connectivity index (χ1) is 17.8. The number of aromatic amines is 2. The van der Waals surface area contributed by atoms with Gasteiger partial charge in [-0.25, -0.2) is 27.8 Å². The Morgan fingerprint density at radius 1 is 0.919 bits per heavy atom. The maximum atomic E-state index is 14.5. The van der Waals surface area contributed by atoms with Crippen LogP contribution in [0, 0.1) is 5.82 Å². The van der Waals surface area contributed by atoms with Gasteiger partial charge in [0.25, 0.3) is 0 Å². The molecule has 0 radical (unpaired) electrons. The minimum absolute atomic E-state index is 0.0557. The first-order valence-electron chi connectivity index (χ1n) is 11.4. The zero-order valence-corrected chi connectivity index (χ0v) is 20.4. The molecule has 2 N–H and O–H groups in total. The van der Waals surface area contributed by atoms with Gasteiger partial charge < -0.3 is 4.98 Å². The summed E-state index contributed by atoms with van der Waals surface area (Å²) >= 11 is 0. The number of benzene rings is 1. The fourth-order valence-corrected chi connectivity index (χ4v) is 4.97. The van der Waals surface area contributed by atoms with Gasteiger partial charge >= 0.3 is 0 Å². The third-order valence-corrected chi connectivity index (χ3v) is 7.06. The van der Waals surface area contributed by atoms with Gasteiger partial charge in [0.1, 0.15) is 22.0 Å². The molecule has 0 bridgehead atoms. The molecular formula is C26H20FN7O2S. The summed E-state index contributed by atoms with van der Waals surface area (Å²) < 4.78 is 37.7. The van der Waals surface area contributed by atoms with Crippen molar-refractivity contribution in [2.75, 3.05) is 12.0 Å². The Morgan fingerprint density at radius 2 is 1.76 bits per heavy atom. The van der Waals surface area contributed by atoms with Gasteiger partial charge in [-0.2, -0.15) is 5.10 Å². The molecule has 0 aliphatic heterocycles. The van der Waals surface area contributed by atoms with E-state index in [0.717, 1.165) is 38.8 Å². The Morgan fingerprint density at radius 3 is 2.57 bits per heavy atom. The number of rotatable bonds is 6. The van der Waals surface area contributed by atoms with Crippen molar-refractivity contribution < 1.29 is 12.8 Å². The second-order valence-electron chi connectivity index (χ2n) is 8.85. The number of nitrogens with one attached hydrogen (secondary N) is 2. The highest BCUT2D eigenvalue weighted by Crippen LogP contribution is 2.34. The molecule has 11 heteroatoms. The van der Waals surface area contributed by atoms with E-state index < -0.39 is 15.7 Å². The topological polar surface area (TPSA) is 130 Å². The average molecular weight is 514 g/mol. The largest absolute Gasteiger partial charge is 0.353 e. The molecule has 0 atom stereocenters. The van der Waals surface area contributed by atoms with Crippen LogP contribution < -0.4 is 0 Å². The monoisotopic (exact) mass is 513 g/mol. The number of sulfone groups is 1. The first kappa shape index (κ1) is 22.9. The first-order valence-corrected chi connectivity index (χ1v) is 13.5. The standard InChI is InChI=1S/C26H20FN7O2S/c1-37(35,36)5-3-15-6-16(8-19(27)7-15)24-20-10-23(32-22(20)2-4-30-24)25-21-9-17(13-31-26(21)34-33-25)18-11-28-14-29-12-18/h2,4,6-14,32H,3,5H2,1H3,(H,31,33,34). The molecule has 0 spiro atoms. The Balaban J connectivity index is 1.44. The number of aryl methyl sites for hydroxylation is 1. The molecule has 37 heavy (non-hydrogen) atoms. The highest BCUT2D eigenvalue weighted by Gasteiger charge is 2.16. The smallest absolute Gasteiger partial charge is 0.181 e. The van der Waals surface area contributed by atoms with E-state index in [1.807, 2.05) is 18.2 Å². The van der Waals surface area contributed by atoms with Crippen LogP contribution in [0.2, 0.25) is 0 Å². The van der Waals surface area contributed by atoms with Gasteiger partial charge in [-0.1, -0.05) is 0 Å². The van der Waals surface area contributed by atoms with Crippen molar-refractivity contribution in [1.29, 1.82) is 0 Å². The predicted octanol–water partition coefficient (Wildman–Crippen LogP) is 4.35. The Kier molecular flexibility index (Phi) is 5.49. The molecule has 0 aliphatic rings. The zero-order chi connectivity index (χ0) is 25.6. The van der Waals surface area contributed by atoms with E-state index in [-0.39, 0.29) is 12.2 Å². The summed E-state index contributed by atoms with van der Waals surface area (Å²) in [5.74, 6) is -0.501. The molecular weight excluding hydrogens is 493 g/mol. The fraction of sp³-hybridized carbons (Fsp3) is 0.115. The van der Waals surface area contributed by atoms with E-state index in [1.54, 1.807) is 30.9 Å². The van der Waals surface area contributed by atoms with Crippen molar-refractivity contribution in [3.63, 3.8) is 0 Å². The number of fused-ring (bicyclic) bond motifs is 2. The van der Waals surface area contributed by atoms with Crippen molar-refractivity contribution in [2.24, 2.45) is 0 Å². The van der Waals surface area contributed by atoms with Crippen LogP contribution in [-0.2, 0) is 16.3 Å². The quantitative estimate of drug-likeness (QED) is 0.339. The summed E-state index contributed by atoms with van der Waals surface area (Å²) in [5.41, 5.74) is 6.34. The number of nitrogens with zero attached hydrogens (tertiary/aromatic N) is 5. The van der Waals surface area contributed by atoms with Crippen LogP contribution in [0.3, 0.4) is 0 Å². The summed E-state index contributed by atoms with van der Waals surface area (Å²) in [6, 6.07) is 10.3.